The van der Waals surface area contributed by atoms with Crippen LogP contribution in [0.5, 0.6) is 0 Å². The molecule has 0 aromatic carbocycles. The summed E-state index contributed by atoms with van der Waals surface area (Å²) in [6.07, 6.45) is 8.52. The summed E-state index contributed by atoms with van der Waals surface area (Å²) >= 11 is 0. The van der Waals surface area contributed by atoms with Crippen LogP contribution < -0.4 is 4.90 Å². The Balaban J connectivity index is 1.57. The lowest BCUT2D eigenvalue weighted by Crippen LogP contribution is -2.20. The number of H-pyrrole nitrogens is 1. The summed E-state index contributed by atoms with van der Waals surface area (Å²) in [6, 6.07) is 1.95. The van der Waals surface area contributed by atoms with E-state index in [2.05, 4.69) is 19.8 Å². The first-order valence-electron chi connectivity index (χ1n) is 7.80. The molecule has 0 saturated heterocycles. The number of hydrogen-bond donors (Lipinski definition) is 1. The second kappa shape index (κ2) is 6.61. The van der Waals surface area contributed by atoms with Gasteiger partial charge in [-0.1, -0.05) is 6.08 Å². The maximum Gasteiger partial charge on any atom is 0.225 e. The van der Waals surface area contributed by atoms with Crippen LogP contribution in [0, 0.1) is 12.5 Å². The van der Waals surface area contributed by atoms with Crippen molar-refractivity contribution in [2.75, 3.05) is 18.5 Å². The fraction of sp³-hybridized carbons (Fsp3) is 0.412. The number of fused-ring (bicyclic) bond motifs is 1. The Morgan fingerprint density at radius 2 is 2.35 bits per heavy atom. The summed E-state index contributed by atoms with van der Waals surface area (Å²) in [4.78, 5) is 29.1. The molecule has 0 amide bonds. The number of ketones is 1. The molecule has 118 valence electrons. The number of anilines is 1. The van der Waals surface area contributed by atoms with Crippen molar-refractivity contribution in [2.24, 2.45) is 5.92 Å². The average molecular weight is 309 g/mol. The maximum atomic E-state index is 12.1. The van der Waals surface area contributed by atoms with E-state index in [4.69, 9.17) is 6.57 Å². The molecule has 2 aromatic rings. The van der Waals surface area contributed by atoms with Crippen LogP contribution in [-0.2, 0) is 4.79 Å². The third kappa shape index (κ3) is 3.57. The number of allylic oxidation sites excluding steroid dienone is 2. The molecule has 1 aliphatic carbocycles. The molecule has 0 unspecified atom stereocenters. The normalized spacial score (nSPS) is 14.7. The molecule has 6 nitrogen and oxygen atoms in total. The summed E-state index contributed by atoms with van der Waals surface area (Å²) in [6.45, 7) is 7.85. The SMILES string of the molecule is [C-]#[N+]/C(=C\C1CC1)C(=O)CCCN(C)c1ncnc2[nH]ccc12. The summed E-state index contributed by atoms with van der Waals surface area (Å²) in [7, 11) is 1.95. The smallest absolute Gasteiger partial charge is 0.225 e. The molecule has 23 heavy (non-hydrogen) atoms. The van der Waals surface area contributed by atoms with Gasteiger partial charge in [0, 0.05) is 26.2 Å². The highest BCUT2D eigenvalue weighted by Gasteiger charge is 2.21. The quantitative estimate of drug-likeness (QED) is 0.631. The molecule has 0 aliphatic heterocycles. The summed E-state index contributed by atoms with van der Waals surface area (Å²) in [5.41, 5.74) is 1.12. The van der Waals surface area contributed by atoms with Crippen molar-refractivity contribution >= 4 is 22.6 Å². The van der Waals surface area contributed by atoms with Gasteiger partial charge in [0.1, 0.15) is 17.8 Å². The second-order valence-corrected chi connectivity index (χ2v) is 5.89. The van der Waals surface area contributed by atoms with Crippen molar-refractivity contribution in [3.63, 3.8) is 0 Å². The zero-order valence-corrected chi connectivity index (χ0v) is 13.1. The Hall–Kier alpha value is -2.68. The van der Waals surface area contributed by atoms with Crippen LogP contribution >= 0.6 is 0 Å². The summed E-state index contributed by atoms with van der Waals surface area (Å²) in [5, 5.41) is 0.969. The van der Waals surface area contributed by atoms with Gasteiger partial charge < -0.3 is 14.7 Å². The van der Waals surface area contributed by atoms with Crippen molar-refractivity contribution in [3.8, 4) is 0 Å². The number of rotatable bonds is 7. The first-order valence-corrected chi connectivity index (χ1v) is 7.80. The van der Waals surface area contributed by atoms with Crippen LogP contribution in [0.15, 0.2) is 30.4 Å². The Morgan fingerprint density at radius 3 is 3.09 bits per heavy atom. The monoisotopic (exact) mass is 309 g/mol. The molecule has 0 spiro atoms. The van der Waals surface area contributed by atoms with E-state index in [0.29, 0.717) is 31.0 Å². The Morgan fingerprint density at radius 1 is 1.52 bits per heavy atom. The highest BCUT2D eigenvalue weighted by molar-refractivity contribution is 5.97. The van der Waals surface area contributed by atoms with Crippen LogP contribution in [0.4, 0.5) is 5.82 Å². The van der Waals surface area contributed by atoms with Crippen molar-refractivity contribution in [2.45, 2.75) is 25.7 Å². The van der Waals surface area contributed by atoms with Crippen LogP contribution in [0.25, 0.3) is 15.9 Å². The lowest BCUT2D eigenvalue weighted by molar-refractivity contribution is -0.115. The van der Waals surface area contributed by atoms with E-state index in [-0.39, 0.29) is 5.78 Å². The van der Waals surface area contributed by atoms with E-state index in [0.717, 1.165) is 29.7 Å². The average Bonchev–Trinajstić information content (AvgIpc) is 3.25. The predicted molar refractivity (Wildman–Crippen MR) is 88.8 cm³/mol. The summed E-state index contributed by atoms with van der Waals surface area (Å²) in [5.74, 6) is 1.26. The van der Waals surface area contributed by atoms with Crippen molar-refractivity contribution in [1.29, 1.82) is 0 Å². The van der Waals surface area contributed by atoms with E-state index in [1.54, 1.807) is 0 Å². The molecule has 2 aromatic heterocycles. The topological polar surface area (TPSA) is 66.2 Å². The highest BCUT2D eigenvalue weighted by Crippen LogP contribution is 2.32. The third-order valence-corrected chi connectivity index (χ3v) is 4.01. The molecule has 0 bridgehead atoms. The Bertz CT molecular complexity index is 782. The van der Waals surface area contributed by atoms with Crippen LogP contribution in [-0.4, -0.2) is 34.3 Å². The van der Waals surface area contributed by atoms with Gasteiger partial charge in [0.05, 0.1) is 12.0 Å². The third-order valence-electron chi connectivity index (χ3n) is 4.01. The number of carbonyl (C=O) groups is 1. The van der Waals surface area contributed by atoms with Crippen LogP contribution in [0.2, 0.25) is 0 Å². The van der Waals surface area contributed by atoms with Gasteiger partial charge in [-0.3, -0.25) is 0 Å². The largest absolute Gasteiger partial charge is 0.359 e. The van der Waals surface area contributed by atoms with E-state index >= 15 is 0 Å². The van der Waals surface area contributed by atoms with E-state index in [1.165, 1.54) is 6.33 Å². The van der Waals surface area contributed by atoms with Gasteiger partial charge >= 0.3 is 0 Å². The van der Waals surface area contributed by atoms with Gasteiger partial charge in [0.25, 0.3) is 0 Å². The van der Waals surface area contributed by atoms with Gasteiger partial charge in [0.15, 0.2) is 5.78 Å². The van der Waals surface area contributed by atoms with Crippen molar-refractivity contribution in [1.82, 2.24) is 15.0 Å². The Labute approximate surface area is 135 Å². The number of Topliss-reactive ketones (excluding diaryl/α,β-unsaturated/α-hetero) is 1. The van der Waals surface area contributed by atoms with Crippen molar-refractivity contribution < 1.29 is 4.79 Å². The zero-order chi connectivity index (χ0) is 16.2. The van der Waals surface area contributed by atoms with Gasteiger partial charge in [-0.2, -0.15) is 0 Å². The fourth-order valence-corrected chi connectivity index (χ4v) is 2.55. The summed E-state index contributed by atoms with van der Waals surface area (Å²) < 4.78 is 0. The van der Waals surface area contributed by atoms with Crippen LogP contribution in [0.3, 0.4) is 0 Å². The molecule has 0 radical (unpaired) electrons. The van der Waals surface area contributed by atoms with Gasteiger partial charge in [-0.15, -0.1) is 0 Å². The van der Waals surface area contributed by atoms with Gasteiger partial charge in [-0.05, 0) is 31.2 Å². The molecule has 1 saturated carbocycles. The molecular formula is C17H19N5O. The lowest BCUT2D eigenvalue weighted by Gasteiger charge is -2.18. The first kappa shape index (κ1) is 15.2. The van der Waals surface area contributed by atoms with Gasteiger partial charge in [0.2, 0.25) is 5.70 Å². The standard InChI is InChI=1S/C17H19N5O/c1-18-14(10-12-5-6-12)15(23)4-3-9-22(2)17-13-7-8-19-16(13)20-11-21-17/h7-8,10-12H,3-6,9H2,2H3,(H,19,20,21)/b14-10-. The van der Waals surface area contributed by atoms with E-state index in [1.807, 2.05) is 30.3 Å². The fourth-order valence-electron chi connectivity index (χ4n) is 2.55. The number of nitrogens with one attached hydrogen (secondary N) is 1. The molecule has 0 atom stereocenters. The molecule has 1 fully saturated rings. The highest BCUT2D eigenvalue weighted by atomic mass is 16.1. The number of nitrogens with zero attached hydrogens (tertiary/aromatic N) is 4. The number of carbonyl (C=O) groups excluding carboxylic acids is 1. The molecule has 1 aliphatic rings. The minimum atomic E-state index is -0.0465. The van der Waals surface area contributed by atoms with E-state index < -0.39 is 0 Å². The first-order chi connectivity index (χ1) is 11.2. The van der Waals surface area contributed by atoms with Crippen molar-refractivity contribution in [3.05, 3.63) is 41.8 Å². The minimum absolute atomic E-state index is 0.0465. The second-order valence-electron chi connectivity index (χ2n) is 5.89. The number of hydrogen-bond acceptors (Lipinski definition) is 4. The zero-order valence-electron chi connectivity index (χ0n) is 13.1. The molecule has 6 heteroatoms. The minimum Gasteiger partial charge on any atom is -0.359 e. The molecule has 1 N–H and O–H groups in total. The maximum absolute atomic E-state index is 12.1. The Kier molecular flexibility index (Phi) is 4.38. The predicted octanol–water partition coefficient (Wildman–Crippen LogP) is 2.96. The van der Waals surface area contributed by atoms with E-state index in [9.17, 15) is 4.79 Å². The van der Waals surface area contributed by atoms with Gasteiger partial charge in [-0.25, -0.2) is 14.8 Å². The number of aromatic amines is 1. The molecular weight excluding hydrogens is 290 g/mol. The molecule has 3 rings (SSSR count). The lowest BCUT2D eigenvalue weighted by atomic mass is 10.1. The molecule has 2 heterocycles. The van der Waals surface area contributed by atoms with Crippen LogP contribution in [0.1, 0.15) is 25.7 Å². The number of aromatic nitrogens is 3.